The molecule has 1 aliphatic carbocycles. The maximum atomic E-state index is 3.47. The molecule has 0 radical (unpaired) electrons. The summed E-state index contributed by atoms with van der Waals surface area (Å²) < 4.78 is 0. The molecule has 0 saturated heterocycles. The van der Waals surface area contributed by atoms with Crippen LogP contribution in [0.4, 0.5) is 0 Å². The monoisotopic (exact) mass is 231 g/mol. The molecule has 0 aromatic heterocycles. The molecule has 2 rings (SSSR count). The van der Waals surface area contributed by atoms with Gasteiger partial charge in [-0.3, -0.25) is 0 Å². The van der Waals surface area contributed by atoms with E-state index in [0.29, 0.717) is 0 Å². The topological polar surface area (TPSA) is 12.0 Å². The summed E-state index contributed by atoms with van der Waals surface area (Å²) in [6, 6.07) is 9.90. The van der Waals surface area contributed by atoms with Crippen molar-refractivity contribution in [3.8, 4) is 0 Å². The van der Waals surface area contributed by atoms with E-state index in [-0.39, 0.29) is 0 Å². The van der Waals surface area contributed by atoms with Crippen LogP contribution in [0.25, 0.3) is 0 Å². The Morgan fingerprint density at radius 3 is 2.35 bits per heavy atom. The Balaban J connectivity index is 1.73. The molecule has 1 nitrogen and oxygen atoms in total. The average Bonchev–Trinajstić information content (AvgIpc) is 3.20. The molecule has 1 atom stereocenters. The van der Waals surface area contributed by atoms with Crippen LogP contribution in [-0.4, -0.2) is 13.1 Å². The van der Waals surface area contributed by atoms with Gasteiger partial charge in [-0.2, -0.15) is 0 Å². The minimum Gasteiger partial charge on any atom is -0.317 e. The average molecular weight is 231 g/mol. The molecule has 1 heteroatoms. The Morgan fingerprint density at radius 2 is 1.82 bits per heavy atom. The maximum Gasteiger partial charge on any atom is 0.00924 e. The van der Waals surface area contributed by atoms with Crippen molar-refractivity contribution in [2.24, 2.45) is 5.92 Å². The number of hydrogen-bond acceptors (Lipinski definition) is 1. The Labute approximate surface area is 106 Å². The van der Waals surface area contributed by atoms with Crippen LogP contribution < -0.4 is 5.32 Å². The van der Waals surface area contributed by atoms with Gasteiger partial charge in [-0.1, -0.05) is 31.2 Å². The minimum atomic E-state index is 0.768. The fourth-order valence-corrected chi connectivity index (χ4v) is 2.58. The van der Waals surface area contributed by atoms with E-state index in [4.69, 9.17) is 0 Å². The van der Waals surface area contributed by atoms with Crippen molar-refractivity contribution < 1.29 is 0 Å². The zero-order valence-electron chi connectivity index (χ0n) is 11.2. The smallest absolute Gasteiger partial charge is 0.00924 e. The van der Waals surface area contributed by atoms with E-state index in [1.54, 1.807) is 0 Å². The molecular formula is C16H25N. The van der Waals surface area contributed by atoms with E-state index in [2.05, 4.69) is 43.6 Å². The van der Waals surface area contributed by atoms with Gasteiger partial charge in [0, 0.05) is 6.04 Å². The lowest BCUT2D eigenvalue weighted by atomic mass is 10.0. The normalized spacial score (nSPS) is 17.1. The Bertz CT molecular complexity index is 324. The predicted molar refractivity (Wildman–Crippen MR) is 74.3 cm³/mol. The van der Waals surface area contributed by atoms with E-state index in [9.17, 15) is 0 Å². The van der Waals surface area contributed by atoms with Gasteiger partial charge >= 0.3 is 0 Å². The van der Waals surface area contributed by atoms with Crippen molar-refractivity contribution in [2.45, 2.75) is 51.5 Å². The van der Waals surface area contributed by atoms with Gasteiger partial charge in [-0.15, -0.1) is 0 Å². The quantitative estimate of drug-likeness (QED) is 0.756. The highest BCUT2D eigenvalue weighted by Crippen LogP contribution is 2.34. The maximum absolute atomic E-state index is 3.47. The van der Waals surface area contributed by atoms with E-state index in [1.807, 2.05) is 0 Å². The van der Waals surface area contributed by atoms with E-state index < -0.39 is 0 Å². The molecule has 0 bridgehead atoms. The van der Waals surface area contributed by atoms with Gasteiger partial charge < -0.3 is 5.32 Å². The molecule has 1 unspecified atom stereocenters. The summed E-state index contributed by atoms with van der Waals surface area (Å²) in [5.41, 5.74) is 2.94. The van der Waals surface area contributed by atoms with Crippen LogP contribution in [0.3, 0.4) is 0 Å². The third-order valence-electron chi connectivity index (χ3n) is 3.97. The molecule has 1 saturated carbocycles. The first-order valence-corrected chi connectivity index (χ1v) is 7.08. The molecule has 1 fully saturated rings. The highest BCUT2D eigenvalue weighted by Gasteiger charge is 2.29. The molecule has 1 aromatic carbocycles. The van der Waals surface area contributed by atoms with Gasteiger partial charge in [0.2, 0.25) is 0 Å². The van der Waals surface area contributed by atoms with Crippen LogP contribution in [0.5, 0.6) is 0 Å². The van der Waals surface area contributed by atoms with Gasteiger partial charge in [0.05, 0.1) is 0 Å². The van der Waals surface area contributed by atoms with Crippen LogP contribution in [0.1, 0.15) is 43.7 Å². The van der Waals surface area contributed by atoms with E-state index in [1.165, 1.54) is 43.2 Å². The fraction of sp³-hybridized carbons (Fsp3) is 0.625. The number of rotatable bonds is 7. The zero-order chi connectivity index (χ0) is 12.1. The van der Waals surface area contributed by atoms with Crippen molar-refractivity contribution >= 4 is 0 Å². The van der Waals surface area contributed by atoms with Crippen LogP contribution >= 0.6 is 0 Å². The summed E-state index contributed by atoms with van der Waals surface area (Å²) in [5, 5.41) is 3.47. The SMILES string of the molecule is CCc1ccc(CCCC(NC)C2CC2)cc1. The summed E-state index contributed by atoms with van der Waals surface area (Å²) in [6.07, 6.45) is 7.90. The summed E-state index contributed by atoms with van der Waals surface area (Å²) in [6.45, 7) is 2.21. The lowest BCUT2D eigenvalue weighted by Crippen LogP contribution is -2.27. The third kappa shape index (κ3) is 3.85. The Kier molecular flexibility index (Phi) is 4.61. The molecule has 1 aliphatic rings. The third-order valence-corrected chi connectivity index (χ3v) is 3.97. The van der Waals surface area contributed by atoms with Crippen molar-refractivity contribution in [2.75, 3.05) is 7.05 Å². The summed E-state index contributed by atoms with van der Waals surface area (Å²) in [4.78, 5) is 0. The van der Waals surface area contributed by atoms with Gasteiger partial charge in [-0.05, 0) is 62.6 Å². The van der Waals surface area contributed by atoms with Gasteiger partial charge in [0.25, 0.3) is 0 Å². The Morgan fingerprint density at radius 1 is 1.18 bits per heavy atom. The lowest BCUT2D eigenvalue weighted by molar-refractivity contribution is 0.456. The summed E-state index contributed by atoms with van der Waals surface area (Å²) >= 11 is 0. The molecule has 1 aromatic rings. The zero-order valence-corrected chi connectivity index (χ0v) is 11.2. The number of nitrogens with one attached hydrogen (secondary N) is 1. The number of hydrogen-bond donors (Lipinski definition) is 1. The fourth-order valence-electron chi connectivity index (χ4n) is 2.58. The number of aryl methyl sites for hydroxylation is 2. The van der Waals surface area contributed by atoms with Gasteiger partial charge in [-0.25, -0.2) is 0 Å². The van der Waals surface area contributed by atoms with Crippen LogP contribution in [0.15, 0.2) is 24.3 Å². The molecule has 0 aliphatic heterocycles. The molecule has 1 N–H and O–H groups in total. The van der Waals surface area contributed by atoms with Crippen molar-refractivity contribution in [1.82, 2.24) is 5.32 Å². The molecule has 0 heterocycles. The highest BCUT2D eigenvalue weighted by molar-refractivity contribution is 5.22. The molecule has 17 heavy (non-hydrogen) atoms. The van der Waals surface area contributed by atoms with Crippen molar-refractivity contribution in [3.63, 3.8) is 0 Å². The van der Waals surface area contributed by atoms with E-state index >= 15 is 0 Å². The first-order chi connectivity index (χ1) is 8.33. The predicted octanol–water partition coefficient (Wildman–Crippen LogP) is 3.57. The van der Waals surface area contributed by atoms with Crippen LogP contribution in [-0.2, 0) is 12.8 Å². The van der Waals surface area contributed by atoms with Crippen LogP contribution in [0, 0.1) is 5.92 Å². The second-order valence-electron chi connectivity index (χ2n) is 5.29. The molecule has 0 amide bonds. The second-order valence-corrected chi connectivity index (χ2v) is 5.29. The molecule has 0 spiro atoms. The van der Waals surface area contributed by atoms with Gasteiger partial charge in [0.15, 0.2) is 0 Å². The second kappa shape index (κ2) is 6.20. The minimum absolute atomic E-state index is 0.768. The summed E-state index contributed by atoms with van der Waals surface area (Å²) in [7, 11) is 2.11. The molecule has 94 valence electrons. The first-order valence-electron chi connectivity index (χ1n) is 7.08. The highest BCUT2D eigenvalue weighted by atomic mass is 14.9. The largest absolute Gasteiger partial charge is 0.317 e. The van der Waals surface area contributed by atoms with Gasteiger partial charge in [0.1, 0.15) is 0 Å². The van der Waals surface area contributed by atoms with E-state index in [0.717, 1.165) is 18.4 Å². The van der Waals surface area contributed by atoms with Crippen LogP contribution in [0.2, 0.25) is 0 Å². The Hall–Kier alpha value is -0.820. The molecular weight excluding hydrogens is 206 g/mol. The standard InChI is InChI=1S/C16H25N/c1-3-13-7-9-14(10-8-13)5-4-6-16(17-2)15-11-12-15/h7-10,15-17H,3-6,11-12H2,1-2H3. The number of benzene rings is 1. The summed E-state index contributed by atoms with van der Waals surface area (Å²) in [5.74, 6) is 0.975. The first kappa shape index (κ1) is 12.6. The van der Waals surface area contributed by atoms with Crippen molar-refractivity contribution in [1.29, 1.82) is 0 Å². The van der Waals surface area contributed by atoms with Crippen molar-refractivity contribution in [3.05, 3.63) is 35.4 Å². The lowest BCUT2D eigenvalue weighted by Gasteiger charge is -2.14.